The maximum absolute atomic E-state index is 11.9. The summed E-state index contributed by atoms with van der Waals surface area (Å²) in [5.41, 5.74) is 1.28. The molecule has 2 aromatic heterocycles. The van der Waals surface area contributed by atoms with Gasteiger partial charge in [-0.2, -0.15) is 4.80 Å². The highest BCUT2D eigenvalue weighted by Crippen LogP contribution is 2.26. The van der Waals surface area contributed by atoms with Gasteiger partial charge in [0.2, 0.25) is 11.6 Å². The fourth-order valence-electron chi connectivity index (χ4n) is 1.95. The van der Waals surface area contributed by atoms with Gasteiger partial charge in [0, 0.05) is 33.8 Å². The highest BCUT2D eigenvalue weighted by molar-refractivity contribution is 6.31. The van der Waals surface area contributed by atoms with Crippen LogP contribution in [0.1, 0.15) is 16.2 Å². The lowest BCUT2D eigenvalue weighted by molar-refractivity contribution is 0.103. The summed E-state index contributed by atoms with van der Waals surface area (Å²) in [5, 5.41) is 22.3. The topological polar surface area (TPSA) is 96.7 Å². The highest BCUT2D eigenvalue weighted by Gasteiger charge is 2.14. The molecule has 1 aromatic carbocycles. The first-order valence-corrected chi connectivity index (χ1v) is 6.38. The second kappa shape index (κ2) is 5.02. The van der Waals surface area contributed by atoms with Crippen LogP contribution in [0.5, 0.6) is 0 Å². The van der Waals surface area contributed by atoms with Crippen LogP contribution in [-0.4, -0.2) is 36.1 Å². The highest BCUT2D eigenvalue weighted by atomic mass is 35.5. The van der Waals surface area contributed by atoms with Gasteiger partial charge in [-0.25, -0.2) is 0 Å². The number of ketones is 1. The van der Waals surface area contributed by atoms with Crippen LogP contribution in [0.2, 0.25) is 5.02 Å². The largest absolute Gasteiger partial charge is 0.507 e. The predicted octanol–water partition coefficient (Wildman–Crippen LogP) is 2.13. The number of hydrogen-bond donors (Lipinski definition) is 2. The Labute approximate surface area is 123 Å². The van der Waals surface area contributed by atoms with Crippen LogP contribution in [0.3, 0.4) is 0 Å². The number of carbonyl (C=O) groups excluding carboxylic acids is 1. The molecule has 0 aliphatic carbocycles. The van der Waals surface area contributed by atoms with E-state index >= 15 is 0 Å². The monoisotopic (exact) mass is 303 g/mol. The number of carbonyl (C=O) groups is 1. The molecular weight excluding hydrogens is 294 g/mol. The molecule has 106 valence electrons. The molecule has 0 spiro atoms. The normalized spacial score (nSPS) is 12.0. The van der Waals surface area contributed by atoms with Crippen molar-refractivity contribution in [3.63, 3.8) is 0 Å². The molecule has 0 aliphatic rings. The van der Waals surface area contributed by atoms with Crippen molar-refractivity contribution in [2.75, 3.05) is 0 Å². The molecule has 0 atom stereocenters. The lowest BCUT2D eigenvalue weighted by Gasteiger charge is -1.98. The van der Waals surface area contributed by atoms with Gasteiger partial charge in [0.15, 0.2) is 0 Å². The van der Waals surface area contributed by atoms with Gasteiger partial charge < -0.3 is 10.1 Å². The molecule has 8 heteroatoms. The lowest BCUT2D eigenvalue weighted by atomic mass is 10.1. The molecule has 0 radical (unpaired) electrons. The Kier molecular flexibility index (Phi) is 3.19. The second-order valence-corrected chi connectivity index (χ2v) is 4.83. The number of tetrazole rings is 1. The number of aromatic nitrogens is 5. The van der Waals surface area contributed by atoms with Gasteiger partial charge in [0.1, 0.15) is 5.76 Å². The number of halogens is 1. The summed E-state index contributed by atoms with van der Waals surface area (Å²) in [5.74, 6) is -0.806. The Morgan fingerprint density at radius 3 is 3.00 bits per heavy atom. The first-order valence-electron chi connectivity index (χ1n) is 6.00. The first kappa shape index (κ1) is 13.3. The number of nitrogens with one attached hydrogen (secondary N) is 1. The third-order valence-corrected chi connectivity index (χ3v) is 3.15. The zero-order chi connectivity index (χ0) is 15.0. The van der Waals surface area contributed by atoms with E-state index in [0.29, 0.717) is 10.6 Å². The van der Waals surface area contributed by atoms with Gasteiger partial charge in [-0.15, -0.1) is 10.2 Å². The third-order valence-electron chi connectivity index (χ3n) is 2.92. The van der Waals surface area contributed by atoms with Crippen molar-refractivity contribution in [2.24, 2.45) is 7.05 Å². The zero-order valence-electron chi connectivity index (χ0n) is 10.9. The number of aromatic amines is 1. The number of H-pyrrole nitrogens is 1. The van der Waals surface area contributed by atoms with Gasteiger partial charge in [-0.3, -0.25) is 4.79 Å². The van der Waals surface area contributed by atoms with E-state index in [0.717, 1.165) is 17.0 Å². The summed E-state index contributed by atoms with van der Waals surface area (Å²) < 4.78 is 0. The van der Waals surface area contributed by atoms with Gasteiger partial charge in [-0.1, -0.05) is 11.6 Å². The maximum atomic E-state index is 11.9. The number of aliphatic hydroxyl groups is 1. The minimum absolute atomic E-state index is 0.0816. The van der Waals surface area contributed by atoms with Crippen molar-refractivity contribution in [1.82, 2.24) is 25.2 Å². The molecule has 3 rings (SSSR count). The van der Waals surface area contributed by atoms with Gasteiger partial charge in [0.05, 0.1) is 7.05 Å². The molecule has 2 heterocycles. The van der Waals surface area contributed by atoms with Crippen molar-refractivity contribution >= 4 is 34.0 Å². The zero-order valence-corrected chi connectivity index (χ0v) is 11.7. The first-order chi connectivity index (χ1) is 10.0. The van der Waals surface area contributed by atoms with Crippen LogP contribution in [0.4, 0.5) is 0 Å². The molecular formula is C13H10ClN5O2. The molecule has 0 bridgehead atoms. The number of rotatable bonds is 3. The maximum Gasteiger partial charge on any atom is 0.244 e. The molecule has 0 unspecified atom stereocenters. The van der Waals surface area contributed by atoms with Crippen molar-refractivity contribution < 1.29 is 9.90 Å². The minimum atomic E-state index is -0.531. The Morgan fingerprint density at radius 2 is 2.29 bits per heavy atom. The molecule has 7 nitrogen and oxygen atoms in total. The predicted molar refractivity (Wildman–Crippen MR) is 77.0 cm³/mol. The van der Waals surface area contributed by atoms with E-state index in [2.05, 4.69) is 20.4 Å². The summed E-state index contributed by atoms with van der Waals surface area (Å²) in [7, 11) is 1.55. The Morgan fingerprint density at radius 1 is 1.48 bits per heavy atom. The SMILES string of the molecule is Cn1nnc(C(=O)/C=C(\O)c2c[nH]c3ccc(Cl)cc23)n1. The summed E-state index contributed by atoms with van der Waals surface area (Å²) in [4.78, 5) is 16.1. The van der Waals surface area contributed by atoms with E-state index in [4.69, 9.17) is 11.6 Å². The summed E-state index contributed by atoms with van der Waals surface area (Å²) in [6.07, 6.45) is 2.66. The quantitative estimate of drug-likeness (QED) is 0.439. The van der Waals surface area contributed by atoms with E-state index < -0.39 is 5.78 Å². The third kappa shape index (κ3) is 2.50. The Hall–Kier alpha value is -2.67. The van der Waals surface area contributed by atoms with Crippen LogP contribution in [0.25, 0.3) is 16.7 Å². The van der Waals surface area contributed by atoms with Crippen LogP contribution < -0.4 is 0 Å². The van der Waals surface area contributed by atoms with E-state index in [1.54, 1.807) is 31.4 Å². The standard InChI is InChI=1S/C13H10ClN5O2/c1-19-17-13(16-18-19)12(21)5-11(20)9-6-15-10-3-2-7(14)4-8(9)10/h2-6,15,20H,1H3/b11-5-. The van der Waals surface area contributed by atoms with Crippen LogP contribution >= 0.6 is 11.6 Å². The molecule has 0 saturated carbocycles. The van der Waals surface area contributed by atoms with Crippen LogP contribution in [-0.2, 0) is 7.05 Å². The molecule has 21 heavy (non-hydrogen) atoms. The van der Waals surface area contributed by atoms with Gasteiger partial charge in [-0.05, 0) is 23.4 Å². The average Bonchev–Trinajstić information content (AvgIpc) is 3.04. The number of nitrogens with zero attached hydrogens (tertiary/aromatic N) is 4. The van der Waals surface area contributed by atoms with Gasteiger partial charge in [0.25, 0.3) is 0 Å². The minimum Gasteiger partial charge on any atom is -0.507 e. The van der Waals surface area contributed by atoms with Gasteiger partial charge >= 0.3 is 0 Å². The lowest BCUT2D eigenvalue weighted by Crippen LogP contribution is -2.00. The number of aliphatic hydroxyl groups excluding tert-OH is 1. The van der Waals surface area contributed by atoms with Crippen LogP contribution in [0.15, 0.2) is 30.5 Å². The van der Waals surface area contributed by atoms with Crippen LogP contribution in [0, 0.1) is 0 Å². The number of fused-ring (bicyclic) bond motifs is 1. The van der Waals surface area contributed by atoms with Crippen molar-refractivity contribution in [2.45, 2.75) is 0 Å². The number of allylic oxidation sites excluding steroid dienone is 1. The fourth-order valence-corrected chi connectivity index (χ4v) is 2.13. The van der Waals surface area contributed by atoms with E-state index in [-0.39, 0.29) is 11.6 Å². The molecule has 3 aromatic rings. The van der Waals surface area contributed by atoms with E-state index in [9.17, 15) is 9.90 Å². The number of aryl methyl sites for hydroxylation is 1. The molecule has 0 saturated heterocycles. The number of benzene rings is 1. The average molecular weight is 304 g/mol. The Bertz CT molecular complexity index is 864. The van der Waals surface area contributed by atoms with E-state index in [1.807, 2.05) is 0 Å². The van der Waals surface area contributed by atoms with Crippen molar-refractivity contribution in [3.05, 3.63) is 46.9 Å². The molecule has 2 N–H and O–H groups in total. The second-order valence-electron chi connectivity index (χ2n) is 4.39. The smallest absolute Gasteiger partial charge is 0.244 e. The molecule has 0 amide bonds. The summed E-state index contributed by atoms with van der Waals surface area (Å²) in [6, 6.07) is 5.23. The van der Waals surface area contributed by atoms with Crippen molar-refractivity contribution in [3.8, 4) is 0 Å². The summed E-state index contributed by atoms with van der Waals surface area (Å²) in [6.45, 7) is 0. The molecule has 0 aliphatic heterocycles. The molecule has 0 fully saturated rings. The summed E-state index contributed by atoms with van der Waals surface area (Å²) >= 11 is 5.94. The van der Waals surface area contributed by atoms with E-state index in [1.165, 1.54) is 4.80 Å². The number of hydrogen-bond acceptors (Lipinski definition) is 5. The fraction of sp³-hybridized carbons (Fsp3) is 0.0769. The Balaban J connectivity index is 2.00. The van der Waals surface area contributed by atoms with Crippen molar-refractivity contribution in [1.29, 1.82) is 0 Å².